The first-order valence-electron chi connectivity index (χ1n) is 11.1. The van der Waals surface area contributed by atoms with E-state index in [-0.39, 0.29) is 5.91 Å². The molecule has 1 saturated heterocycles. The lowest BCUT2D eigenvalue weighted by molar-refractivity contribution is 0.0746. The maximum atomic E-state index is 13.1. The van der Waals surface area contributed by atoms with Gasteiger partial charge in [-0.25, -0.2) is 9.97 Å². The van der Waals surface area contributed by atoms with Crippen molar-refractivity contribution in [1.29, 1.82) is 0 Å². The highest BCUT2D eigenvalue weighted by atomic mass is 16.5. The van der Waals surface area contributed by atoms with E-state index in [0.717, 1.165) is 11.4 Å². The van der Waals surface area contributed by atoms with Crippen molar-refractivity contribution in [2.45, 2.75) is 0 Å². The van der Waals surface area contributed by atoms with E-state index in [1.165, 1.54) is 6.33 Å². The van der Waals surface area contributed by atoms with Crippen LogP contribution < -0.4 is 19.1 Å². The number of amides is 1. The zero-order valence-corrected chi connectivity index (χ0v) is 19.7. The molecule has 0 aliphatic carbocycles. The minimum atomic E-state index is -0.0520. The number of piperazine rings is 1. The average Bonchev–Trinajstić information content (AvgIpc) is 3.37. The van der Waals surface area contributed by atoms with Gasteiger partial charge in [-0.15, -0.1) is 5.10 Å². The van der Waals surface area contributed by atoms with Gasteiger partial charge in [0.25, 0.3) is 5.91 Å². The van der Waals surface area contributed by atoms with Crippen LogP contribution in [0.4, 0.5) is 5.82 Å². The summed E-state index contributed by atoms with van der Waals surface area (Å²) >= 11 is 0. The van der Waals surface area contributed by atoms with Crippen LogP contribution in [0.15, 0.2) is 48.8 Å². The molecule has 0 radical (unpaired) electrons. The summed E-state index contributed by atoms with van der Waals surface area (Å²) in [5, 5.41) is 8.66. The smallest absolute Gasteiger partial charge is 0.254 e. The Morgan fingerprint density at radius 1 is 0.857 bits per heavy atom. The minimum Gasteiger partial charge on any atom is -0.497 e. The van der Waals surface area contributed by atoms with Crippen LogP contribution in [0, 0.1) is 0 Å². The summed E-state index contributed by atoms with van der Waals surface area (Å²) < 4.78 is 17.5. The molecule has 180 valence electrons. The number of carbonyl (C=O) groups excluding carboxylic acids is 1. The monoisotopic (exact) mass is 475 g/mol. The van der Waals surface area contributed by atoms with Crippen LogP contribution in [0.3, 0.4) is 0 Å². The summed E-state index contributed by atoms with van der Waals surface area (Å²) in [5.74, 6) is 2.52. The van der Waals surface area contributed by atoms with Gasteiger partial charge in [0, 0.05) is 31.7 Å². The Labute approximate surface area is 201 Å². The fraction of sp³-hybridized carbons (Fsp3) is 0.292. The maximum Gasteiger partial charge on any atom is 0.254 e. The van der Waals surface area contributed by atoms with Crippen LogP contribution in [-0.4, -0.2) is 83.3 Å². The molecule has 0 unspecified atom stereocenters. The number of rotatable bonds is 6. The second kappa shape index (κ2) is 9.45. The highest BCUT2D eigenvalue weighted by molar-refractivity contribution is 5.95. The number of methoxy groups -OCH3 is 3. The van der Waals surface area contributed by atoms with E-state index < -0.39 is 0 Å². The van der Waals surface area contributed by atoms with E-state index in [1.54, 1.807) is 44.2 Å². The fourth-order valence-electron chi connectivity index (χ4n) is 4.14. The maximum absolute atomic E-state index is 13.1. The second-order valence-electron chi connectivity index (χ2n) is 7.92. The van der Waals surface area contributed by atoms with E-state index in [0.29, 0.717) is 60.2 Å². The van der Waals surface area contributed by atoms with Gasteiger partial charge in [-0.2, -0.15) is 4.68 Å². The molecule has 2 aromatic heterocycles. The first-order chi connectivity index (χ1) is 17.1. The Kier molecular flexibility index (Phi) is 6.04. The quantitative estimate of drug-likeness (QED) is 0.415. The number of anilines is 1. The topological polar surface area (TPSA) is 108 Å². The molecule has 1 aliphatic heterocycles. The number of fused-ring (bicyclic) bond motifs is 1. The molecular formula is C24H25N7O4. The predicted octanol–water partition coefficient (Wildman–Crippen LogP) is 2.20. The fourth-order valence-corrected chi connectivity index (χ4v) is 4.14. The summed E-state index contributed by atoms with van der Waals surface area (Å²) in [4.78, 5) is 25.9. The van der Waals surface area contributed by atoms with E-state index >= 15 is 0 Å². The standard InChI is InChI=1S/C24H25N7O4/c1-33-18-7-5-17(6-8-18)31-23-21(27-28-31)22(25-15-26-23)29-10-12-30(13-11-29)24(32)16-4-9-19(34-2)20(14-16)35-3/h4-9,14-15H,10-13H2,1-3H3. The number of nitrogens with zero attached hydrogens (tertiary/aromatic N) is 7. The minimum absolute atomic E-state index is 0.0520. The third-order valence-corrected chi connectivity index (χ3v) is 6.03. The van der Waals surface area contributed by atoms with Crippen molar-refractivity contribution >= 4 is 22.9 Å². The second-order valence-corrected chi connectivity index (χ2v) is 7.92. The zero-order valence-electron chi connectivity index (χ0n) is 19.7. The molecule has 0 atom stereocenters. The van der Waals surface area contributed by atoms with E-state index in [9.17, 15) is 4.79 Å². The lowest BCUT2D eigenvalue weighted by Gasteiger charge is -2.35. The summed E-state index contributed by atoms with van der Waals surface area (Å²) in [5.41, 5.74) is 2.61. The number of hydrogen-bond acceptors (Lipinski definition) is 9. The molecule has 11 heteroatoms. The van der Waals surface area contributed by atoms with Gasteiger partial charge in [-0.05, 0) is 42.5 Å². The Morgan fingerprint density at radius 3 is 2.29 bits per heavy atom. The van der Waals surface area contributed by atoms with Gasteiger partial charge in [0.15, 0.2) is 28.5 Å². The van der Waals surface area contributed by atoms with Crippen LogP contribution in [0.2, 0.25) is 0 Å². The number of aromatic nitrogens is 5. The van der Waals surface area contributed by atoms with Crippen molar-refractivity contribution in [2.75, 3.05) is 52.4 Å². The molecule has 0 saturated carbocycles. The lowest BCUT2D eigenvalue weighted by atomic mass is 10.1. The SMILES string of the molecule is COc1ccc(-n2nnc3c(N4CCN(C(=O)c5ccc(OC)c(OC)c5)CC4)ncnc32)cc1. The van der Waals surface area contributed by atoms with Crippen LogP contribution in [0.1, 0.15) is 10.4 Å². The Morgan fingerprint density at radius 2 is 1.60 bits per heavy atom. The molecule has 4 aromatic rings. The van der Waals surface area contributed by atoms with Gasteiger partial charge in [-0.3, -0.25) is 4.79 Å². The van der Waals surface area contributed by atoms with Crippen LogP contribution in [0.5, 0.6) is 17.2 Å². The van der Waals surface area contributed by atoms with Gasteiger partial charge in [0.1, 0.15) is 12.1 Å². The first kappa shape index (κ1) is 22.4. The van der Waals surface area contributed by atoms with E-state index in [2.05, 4.69) is 25.2 Å². The summed E-state index contributed by atoms with van der Waals surface area (Å²) in [6.45, 7) is 2.32. The number of carbonyl (C=O) groups is 1. The summed E-state index contributed by atoms with van der Waals surface area (Å²) in [6.07, 6.45) is 1.52. The number of ether oxygens (including phenoxy) is 3. The molecule has 11 nitrogen and oxygen atoms in total. The largest absolute Gasteiger partial charge is 0.497 e. The normalized spacial score (nSPS) is 13.7. The predicted molar refractivity (Wildman–Crippen MR) is 129 cm³/mol. The third-order valence-electron chi connectivity index (χ3n) is 6.03. The van der Waals surface area contributed by atoms with Gasteiger partial charge in [0.05, 0.1) is 27.0 Å². The molecule has 1 amide bonds. The molecular weight excluding hydrogens is 450 g/mol. The molecule has 35 heavy (non-hydrogen) atoms. The van der Waals surface area contributed by atoms with E-state index in [4.69, 9.17) is 14.2 Å². The van der Waals surface area contributed by atoms with Gasteiger partial charge in [-0.1, -0.05) is 5.21 Å². The van der Waals surface area contributed by atoms with E-state index in [1.807, 2.05) is 29.2 Å². The Hall–Kier alpha value is -4.41. The zero-order chi connectivity index (χ0) is 24.4. The van der Waals surface area contributed by atoms with Crippen molar-refractivity contribution in [3.05, 3.63) is 54.4 Å². The van der Waals surface area contributed by atoms with Gasteiger partial charge in [0.2, 0.25) is 0 Å². The Balaban J connectivity index is 1.33. The molecule has 5 rings (SSSR count). The highest BCUT2D eigenvalue weighted by Gasteiger charge is 2.26. The summed E-state index contributed by atoms with van der Waals surface area (Å²) in [7, 11) is 4.75. The first-order valence-corrected chi connectivity index (χ1v) is 11.1. The van der Waals surface area contributed by atoms with Crippen LogP contribution >= 0.6 is 0 Å². The van der Waals surface area contributed by atoms with Gasteiger partial charge < -0.3 is 24.0 Å². The average molecular weight is 476 g/mol. The molecule has 1 aliphatic rings. The van der Waals surface area contributed by atoms with Crippen molar-refractivity contribution < 1.29 is 19.0 Å². The molecule has 1 fully saturated rings. The van der Waals surface area contributed by atoms with Gasteiger partial charge >= 0.3 is 0 Å². The van der Waals surface area contributed by atoms with Crippen LogP contribution in [-0.2, 0) is 0 Å². The Bertz CT molecular complexity index is 1350. The summed E-state index contributed by atoms with van der Waals surface area (Å²) in [6, 6.07) is 12.7. The van der Waals surface area contributed by atoms with Crippen molar-refractivity contribution in [3.63, 3.8) is 0 Å². The lowest BCUT2D eigenvalue weighted by Crippen LogP contribution is -2.49. The number of benzene rings is 2. The molecule has 0 bridgehead atoms. The third kappa shape index (κ3) is 4.16. The molecule has 0 N–H and O–H groups in total. The highest BCUT2D eigenvalue weighted by Crippen LogP contribution is 2.29. The molecule has 0 spiro atoms. The van der Waals surface area contributed by atoms with Crippen molar-refractivity contribution in [1.82, 2.24) is 29.9 Å². The van der Waals surface area contributed by atoms with Crippen LogP contribution in [0.25, 0.3) is 16.9 Å². The molecule has 2 aromatic carbocycles. The van der Waals surface area contributed by atoms with Crippen molar-refractivity contribution in [3.8, 4) is 22.9 Å². The van der Waals surface area contributed by atoms with Crippen molar-refractivity contribution in [2.24, 2.45) is 0 Å². The number of hydrogen-bond donors (Lipinski definition) is 0. The molecule has 3 heterocycles.